The van der Waals surface area contributed by atoms with Crippen molar-refractivity contribution >= 4 is 0 Å². The summed E-state index contributed by atoms with van der Waals surface area (Å²) in [6.45, 7) is 14.5. The van der Waals surface area contributed by atoms with Crippen LogP contribution in [-0.4, -0.2) is 12.2 Å². The predicted octanol–water partition coefficient (Wildman–Crippen LogP) is 5.19. The number of rotatable bonds is 5. The fraction of sp³-hybridized carbons (Fsp3) is 1.00. The van der Waals surface area contributed by atoms with Crippen molar-refractivity contribution in [3.8, 4) is 0 Å². The van der Waals surface area contributed by atoms with E-state index in [1.54, 1.807) is 0 Å². The molecule has 0 aromatic heterocycles. The van der Waals surface area contributed by atoms with E-state index < -0.39 is 0 Å². The van der Waals surface area contributed by atoms with Gasteiger partial charge in [-0.25, -0.2) is 0 Å². The highest BCUT2D eigenvalue weighted by Gasteiger charge is 2.37. The molecule has 17 heavy (non-hydrogen) atoms. The zero-order chi connectivity index (χ0) is 13.2. The second-order valence-electron chi connectivity index (χ2n) is 8.17. The summed E-state index contributed by atoms with van der Waals surface area (Å²) >= 11 is 0. The molecule has 0 spiro atoms. The minimum absolute atomic E-state index is 0.0205. The van der Waals surface area contributed by atoms with Crippen molar-refractivity contribution in [1.82, 2.24) is 0 Å². The van der Waals surface area contributed by atoms with Crippen molar-refractivity contribution in [1.29, 1.82) is 0 Å². The molecule has 1 nitrogen and oxygen atoms in total. The molecule has 1 saturated carbocycles. The highest BCUT2D eigenvalue weighted by Crippen LogP contribution is 2.46. The summed E-state index contributed by atoms with van der Waals surface area (Å²) in [5.41, 5.74) is 1.03. The topological polar surface area (TPSA) is 9.23 Å². The van der Waals surface area contributed by atoms with E-state index in [-0.39, 0.29) is 5.60 Å². The van der Waals surface area contributed by atoms with Gasteiger partial charge in [-0.05, 0) is 57.3 Å². The Bertz CT molecular complexity index is 225. The zero-order valence-electron chi connectivity index (χ0n) is 12.9. The molecule has 1 rings (SSSR count). The first kappa shape index (κ1) is 15.0. The normalized spacial score (nSPS) is 20.1. The maximum atomic E-state index is 6.02. The van der Waals surface area contributed by atoms with Gasteiger partial charge in [-0.1, -0.05) is 33.6 Å². The third-order valence-corrected chi connectivity index (χ3v) is 3.86. The van der Waals surface area contributed by atoms with Crippen molar-refractivity contribution in [2.24, 2.45) is 10.8 Å². The lowest BCUT2D eigenvalue weighted by Gasteiger charge is -2.44. The third-order valence-electron chi connectivity index (χ3n) is 3.86. The summed E-state index contributed by atoms with van der Waals surface area (Å²) in [5.74, 6) is 0. The molecule has 0 aromatic carbocycles. The van der Waals surface area contributed by atoms with E-state index in [1.807, 2.05) is 0 Å². The Hall–Kier alpha value is -0.0400. The van der Waals surface area contributed by atoms with E-state index in [1.165, 1.54) is 38.5 Å². The summed E-state index contributed by atoms with van der Waals surface area (Å²) in [4.78, 5) is 0. The molecule has 1 fully saturated rings. The number of hydrogen-bond acceptors (Lipinski definition) is 1. The first-order chi connectivity index (χ1) is 7.62. The van der Waals surface area contributed by atoms with E-state index in [9.17, 15) is 0 Å². The third kappa shape index (κ3) is 5.90. The highest BCUT2D eigenvalue weighted by molar-refractivity contribution is 4.88. The Kier molecular flexibility index (Phi) is 4.68. The van der Waals surface area contributed by atoms with Crippen LogP contribution >= 0.6 is 0 Å². The Balaban J connectivity index is 2.31. The second kappa shape index (κ2) is 5.30. The molecule has 0 aromatic rings. The molecule has 0 N–H and O–H groups in total. The van der Waals surface area contributed by atoms with Crippen LogP contribution in [0.25, 0.3) is 0 Å². The average molecular weight is 240 g/mol. The molecule has 0 bridgehead atoms. The number of hydrogen-bond donors (Lipinski definition) is 0. The largest absolute Gasteiger partial charge is 0.375 e. The Morgan fingerprint density at radius 3 is 1.94 bits per heavy atom. The maximum absolute atomic E-state index is 6.02. The van der Waals surface area contributed by atoms with Gasteiger partial charge >= 0.3 is 0 Å². The molecule has 102 valence electrons. The van der Waals surface area contributed by atoms with Crippen LogP contribution in [0.4, 0.5) is 0 Å². The minimum atomic E-state index is 0.0205. The summed E-state index contributed by atoms with van der Waals surface area (Å²) < 4.78 is 6.02. The first-order valence-corrected chi connectivity index (χ1v) is 7.26. The van der Waals surface area contributed by atoms with Gasteiger partial charge in [-0.2, -0.15) is 0 Å². The monoisotopic (exact) mass is 240 g/mol. The Morgan fingerprint density at radius 2 is 1.59 bits per heavy atom. The van der Waals surface area contributed by atoms with Gasteiger partial charge in [-0.3, -0.25) is 0 Å². The van der Waals surface area contributed by atoms with Gasteiger partial charge in [0.15, 0.2) is 0 Å². The van der Waals surface area contributed by atoms with Crippen LogP contribution in [0.15, 0.2) is 0 Å². The van der Waals surface area contributed by atoms with E-state index >= 15 is 0 Å². The SMILES string of the molecule is CC(C)(C)CCCC1(COC(C)(C)C)CCC1. The summed E-state index contributed by atoms with van der Waals surface area (Å²) in [6, 6.07) is 0. The van der Waals surface area contributed by atoms with Crippen LogP contribution in [0.3, 0.4) is 0 Å². The van der Waals surface area contributed by atoms with Gasteiger partial charge in [0.05, 0.1) is 12.2 Å². The van der Waals surface area contributed by atoms with Gasteiger partial charge in [0.2, 0.25) is 0 Å². The quantitative estimate of drug-likeness (QED) is 0.642. The maximum Gasteiger partial charge on any atom is 0.0598 e. The van der Waals surface area contributed by atoms with E-state index in [4.69, 9.17) is 4.74 Å². The van der Waals surface area contributed by atoms with Crippen LogP contribution in [0.1, 0.15) is 80.1 Å². The zero-order valence-corrected chi connectivity index (χ0v) is 12.9. The summed E-state index contributed by atoms with van der Waals surface area (Å²) in [6.07, 6.45) is 8.23. The van der Waals surface area contributed by atoms with Crippen molar-refractivity contribution in [3.05, 3.63) is 0 Å². The molecule has 0 heterocycles. The first-order valence-electron chi connectivity index (χ1n) is 7.26. The molecule has 0 amide bonds. The van der Waals surface area contributed by atoms with Gasteiger partial charge in [-0.15, -0.1) is 0 Å². The lowest BCUT2D eigenvalue weighted by molar-refractivity contribution is -0.0827. The standard InChI is InChI=1S/C16H32O/c1-14(2,3)9-7-10-16(11-8-12-16)13-17-15(4,5)6/h7-13H2,1-6H3. The van der Waals surface area contributed by atoms with Gasteiger partial charge in [0.25, 0.3) is 0 Å². The van der Waals surface area contributed by atoms with Crippen molar-refractivity contribution < 1.29 is 4.74 Å². The number of ether oxygens (including phenoxy) is 1. The molecule has 1 aliphatic rings. The summed E-state index contributed by atoms with van der Waals surface area (Å²) in [7, 11) is 0. The molecule has 0 aliphatic heterocycles. The molecule has 1 aliphatic carbocycles. The molecule has 0 unspecified atom stereocenters. The predicted molar refractivity (Wildman–Crippen MR) is 75.3 cm³/mol. The van der Waals surface area contributed by atoms with Crippen LogP contribution in [-0.2, 0) is 4.74 Å². The minimum Gasteiger partial charge on any atom is -0.375 e. The molecule has 1 heteroatoms. The van der Waals surface area contributed by atoms with Crippen LogP contribution in [0.2, 0.25) is 0 Å². The van der Waals surface area contributed by atoms with E-state index in [2.05, 4.69) is 41.5 Å². The van der Waals surface area contributed by atoms with Crippen molar-refractivity contribution in [2.45, 2.75) is 85.7 Å². The van der Waals surface area contributed by atoms with Crippen molar-refractivity contribution in [2.75, 3.05) is 6.61 Å². The highest BCUT2D eigenvalue weighted by atomic mass is 16.5. The Morgan fingerprint density at radius 1 is 1.00 bits per heavy atom. The van der Waals surface area contributed by atoms with E-state index in [0.717, 1.165) is 6.61 Å². The lowest BCUT2D eigenvalue weighted by Crippen LogP contribution is -2.37. The lowest BCUT2D eigenvalue weighted by atomic mass is 9.66. The van der Waals surface area contributed by atoms with Crippen LogP contribution in [0, 0.1) is 10.8 Å². The smallest absolute Gasteiger partial charge is 0.0598 e. The molecule has 0 atom stereocenters. The van der Waals surface area contributed by atoms with Gasteiger partial charge < -0.3 is 4.74 Å². The fourth-order valence-electron chi connectivity index (χ4n) is 2.51. The molecule has 0 radical (unpaired) electrons. The van der Waals surface area contributed by atoms with Gasteiger partial charge in [0, 0.05) is 0 Å². The average Bonchev–Trinajstić information content (AvgIpc) is 2.04. The van der Waals surface area contributed by atoms with Gasteiger partial charge in [0.1, 0.15) is 0 Å². The fourth-order valence-corrected chi connectivity index (χ4v) is 2.51. The van der Waals surface area contributed by atoms with Crippen LogP contribution < -0.4 is 0 Å². The molecule has 0 saturated heterocycles. The Labute approximate surface area is 108 Å². The van der Waals surface area contributed by atoms with Crippen molar-refractivity contribution in [3.63, 3.8) is 0 Å². The second-order valence-corrected chi connectivity index (χ2v) is 8.17. The van der Waals surface area contributed by atoms with Crippen LogP contribution in [0.5, 0.6) is 0 Å². The van der Waals surface area contributed by atoms with E-state index in [0.29, 0.717) is 10.8 Å². The summed E-state index contributed by atoms with van der Waals surface area (Å²) in [5, 5.41) is 0. The molecular formula is C16H32O. The molecular weight excluding hydrogens is 208 g/mol.